The fraction of sp³-hybridized carbons (Fsp3) is 0.227. The van der Waals surface area contributed by atoms with Crippen LogP contribution in [0.2, 0.25) is 0 Å². The zero-order valence-corrected chi connectivity index (χ0v) is 16.7. The number of hydrogen-bond acceptors (Lipinski definition) is 5. The van der Waals surface area contributed by atoms with Crippen molar-refractivity contribution in [3.8, 4) is 0 Å². The number of nitrogens with zero attached hydrogens (tertiary/aromatic N) is 1. The van der Waals surface area contributed by atoms with E-state index in [4.69, 9.17) is 4.52 Å². The first-order chi connectivity index (χ1) is 14.1. The Bertz CT molecular complexity index is 998. The number of benzene rings is 2. The maximum Gasteiger partial charge on any atom is 0.243 e. The minimum atomic E-state index is -0.458. The lowest BCUT2D eigenvalue weighted by Gasteiger charge is -2.16. The number of hydrogen-bond donors (Lipinski definition) is 2. The van der Waals surface area contributed by atoms with Gasteiger partial charge in [-0.15, -0.1) is 11.8 Å². The molecule has 1 atom stereocenters. The summed E-state index contributed by atoms with van der Waals surface area (Å²) in [5, 5.41) is 9.13. The fourth-order valence-corrected chi connectivity index (χ4v) is 3.89. The first-order valence-electron chi connectivity index (χ1n) is 9.45. The van der Waals surface area contributed by atoms with Crippen LogP contribution in [0.5, 0.6) is 0 Å². The Morgan fingerprint density at radius 2 is 1.79 bits per heavy atom. The standard InChI is InChI=1S/C22H21N3O3S/c1-14-13-19(25-28-14)24-22(27)20(15-5-3-2-4-6-15)29-18-11-9-17(10-12-18)23-21(26)16-7-8-16/h2-6,9-13,16,20H,7-8H2,1H3,(H,23,26)(H,24,25,27). The predicted octanol–water partition coefficient (Wildman–Crippen LogP) is 4.80. The number of anilines is 2. The molecule has 1 unspecified atom stereocenters. The fourth-order valence-electron chi connectivity index (χ4n) is 2.86. The molecule has 6 nitrogen and oxygen atoms in total. The molecule has 29 heavy (non-hydrogen) atoms. The maximum absolute atomic E-state index is 13.0. The van der Waals surface area contributed by atoms with Crippen LogP contribution in [0, 0.1) is 12.8 Å². The van der Waals surface area contributed by atoms with Crippen LogP contribution in [0.4, 0.5) is 11.5 Å². The Labute approximate surface area is 173 Å². The molecule has 4 rings (SSSR count). The number of aryl methyl sites for hydroxylation is 1. The van der Waals surface area contributed by atoms with E-state index in [-0.39, 0.29) is 17.7 Å². The number of carbonyl (C=O) groups is 2. The summed E-state index contributed by atoms with van der Waals surface area (Å²) in [5.74, 6) is 1.09. The van der Waals surface area contributed by atoms with Gasteiger partial charge >= 0.3 is 0 Å². The van der Waals surface area contributed by atoms with Gasteiger partial charge in [-0.3, -0.25) is 9.59 Å². The molecule has 3 aromatic rings. The van der Waals surface area contributed by atoms with Crippen molar-refractivity contribution in [2.45, 2.75) is 29.9 Å². The minimum absolute atomic E-state index is 0.0786. The van der Waals surface area contributed by atoms with E-state index in [0.717, 1.165) is 29.0 Å². The Morgan fingerprint density at radius 1 is 1.07 bits per heavy atom. The Balaban J connectivity index is 1.48. The summed E-state index contributed by atoms with van der Waals surface area (Å²) in [7, 11) is 0. The van der Waals surface area contributed by atoms with Crippen molar-refractivity contribution < 1.29 is 14.1 Å². The van der Waals surface area contributed by atoms with Crippen LogP contribution in [0.25, 0.3) is 0 Å². The summed E-state index contributed by atoms with van der Waals surface area (Å²) >= 11 is 1.44. The van der Waals surface area contributed by atoms with Crippen molar-refractivity contribution >= 4 is 35.1 Å². The number of carbonyl (C=O) groups excluding carboxylic acids is 2. The molecular weight excluding hydrogens is 386 g/mol. The van der Waals surface area contributed by atoms with Crippen molar-refractivity contribution in [3.63, 3.8) is 0 Å². The van der Waals surface area contributed by atoms with Crippen LogP contribution in [0.15, 0.2) is 70.1 Å². The number of aromatic nitrogens is 1. The van der Waals surface area contributed by atoms with E-state index >= 15 is 0 Å². The van der Waals surface area contributed by atoms with Gasteiger partial charge in [0.05, 0.1) is 0 Å². The van der Waals surface area contributed by atoms with Gasteiger partial charge in [-0.25, -0.2) is 0 Å². The minimum Gasteiger partial charge on any atom is -0.360 e. The van der Waals surface area contributed by atoms with Crippen LogP contribution in [0.3, 0.4) is 0 Å². The molecule has 1 fully saturated rings. The van der Waals surface area contributed by atoms with Crippen molar-refractivity contribution in [2.75, 3.05) is 10.6 Å². The highest BCUT2D eigenvalue weighted by Crippen LogP contribution is 2.37. The highest BCUT2D eigenvalue weighted by atomic mass is 32.2. The third-order valence-electron chi connectivity index (χ3n) is 4.54. The van der Waals surface area contributed by atoms with Gasteiger partial charge in [0.15, 0.2) is 5.82 Å². The van der Waals surface area contributed by atoms with Crippen LogP contribution in [-0.2, 0) is 9.59 Å². The van der Waals surface area contributed by atoms with Crippen molar-refractivity contribution in [1.29, 1.82) is 0 Å². The molecular formula is C22H21N3O3S. The molecule has 1 heterocycles. The summed E-state index contributed by atoms with van der Waals surface area (Å²) in [6, 6.07) is 18.8. The van der Waals surface area contributed by atoms with E-state index in [1.165, 1.54) is 11.8 Å². The van der Waals surface area contributed by atoms with Gasteiger partial charge < -0.3 is 15.2 Å². The van der Waals surface area contributed by atoms with Gasteiger partial charge in [-0.2, -0.15) is 0 Å². The van der Waals surface area contributed by atoms with Gasteiger partial charge in [0.1, 0.15) is 11.0 Å². The third-order valence-corrected chi connectivity index (χ3v) is 5.81. The summed E-state index contributed by atoms with van der Waals surface area (Å²) in [6.07, 6.45) is 1.94. The largest absolute Gasteiger partial charge is 0.360 e. The normalized spacial score (nSPS) is 14.2. The van der Waals surface area contributed by atoms with Gasteiger partial charge in [-0.1, -0.05) is 35.5 Å². The summed E-state index contributed by atoms with van der Waals surface area (Å²) < 4.78 is 5.03. The van der Waals surface area contributed by atoms with Gasteiger partial charge in [0.2, 0.25) is 11.8 Å². The second-order valence-corrected chi connectivity index (χ2v) is 8.19. The van der Waals surface area contributed by atoms with Crippen LogP contribution in [-0.4, -0.2) is 17.0 Å². The second kappa shape index (κ2) is 8.53. The topological polar surface area (TPSA) is 84.2 Å². The quantitative estimate of drug-likeness (QED) is 0.550. The zero-order chi connectivity index (χ0) is 20.2. The molecule has 1 saturated carbocycles. The summed E-state index contributed by atoms with van der Waals surface area (Å²) in [6.45, 7) is 1.77. The number of thioether (sulfide) groups is 1. The van der Waals surface area contributed by atoms with Gasteiger partial charge in [-0.05, 0) is 49.6 Å². The Hall–Kier alpha value is -3.06. The van der Waals surface area contributed by atoms with Crippen LogP contribution < -0.4 is 10.6 Å². The lowest BCUT2D eigenvalue weighted by Crippen LogP contribution is -2.19. The molecule has 0 spiro atoms. The molecule has 1 aliphatic rings. The van der Waals surface area contributed by atoms with Gasteiger partial charge in [0.25, 0.3) is 0 Å². The Morgan fingerprint density at radius 3 is 2.41 bits per heavy atom. The van der Waals surface area contributed by atoms with Crippen molar-refractivity contribution in [2.24, 2.45) is 5.92 Å². The van der Waals surface area contributed by atoms with E-state index in [9.17, 15) is 9.59 Å². The summed E-state index contributed by atoms with van der Waals surface area (Å²) in [5.41, 5.74) is 1.66. The average Bonchev–Trinajstić information content (AvgIpc) is 3.51. The molecule has 148 valence electrons. The molecule has 2 N–H and O–H groups in total. The summed E-state index contributed by atoms with van der Waals surface area (Å²) in [4.78, 5) is 25.8. The molecule has 1 aromatic heterocycles. The van der Waals surface area contributed by atoms with E-state index < -0.39 is 5.25 Å². The zero-order valence-electron chi connectivity index (χ0n) is 15.9. The molecule has 0 saturated heterocycles. The van der Waals surface area contributed by atoms with Crippen molar-refractivity contribution in [3.05, 3.63) is 72.0 Å². The monoisotopic (exact) mass is 407 g/mol. The Kier molecular flexibility index (Phi) is 5.67. The predicted molar refractivity (Wildman–Crippen MR) is 113 cm³/mol. The lowest BCUT2D eigenvalue weighted by molar-refractivity contribution is -0.117. The van der Waals surface area contributed by atoms with E-state index in [2.05, 4.69) is 15.8 Å². The van der Waals surface area contributed by atoms with E-state index in [1.807, 2.05) is 54.6 Å². The molecule has 2 amide bonds. The smallest absolute Gasteiger partial charge is 0.243 e. The lowest BCUT2D eigenvalue weighted by atomic mass is 10.1. The number of rotatable bonds is 7. The first-order valence-corrected chi connectivity index (χ1v) is 10.3. The molecule has 0 aliphatic heterocycles. The highest BCUT2D eigenvalue weighted by Gasteiger charge is 2.29. The SMILES string of the molecule is Cc1cc(NC(=O)C(Sc2ccc(NC(=O)C3CC3)cc2)c2ccccc2)no1. The van der Waals surface area contributed by atoms with Crippen LogP contribution >= 0.6 is 11.8 Å². The first kappa shape index (κ1) is 19.3. The third kappa shape index (κ3) is 5.06. The number of nitrogens with one attached hydrogen (secondary N) is 2. The second-order valence-electron chi connectivity index (χ2n) is 7.01. The van der Waals surface area contributed by atoms with E-state index in [1.54, 1.807) is 13.0 Å². The molecule has 1 aliphatic carbocycles. The molecule has 0 radical (unpaired) electrons. The highest BCUT2D eigenvalue weighted by molar-refractivity contribution is 8.00. The van der Waals surface area contributed by atoms with E-state index in [0.29, 0.717) is 11.6 Å². The van der Waals surface area contributed by atoms with Gasteiger partial charge in [0, 0.05) is 22.6 Å². The van der Waals surface area contributed by atoms with Crippen molar-refractivity contribution in [1.82, 2.24) is 5.16 Å². The maximum atomic E-state index is 13.0. The average molecular weight is 407 g/mol. The molecule has 7 heteroatoms. The molecule has 2 aromatic carbocycles. The number of amides is 2. The molecule has 0 bridgehead atoms. The van der Waals surface area contributed by atoms with Crippen LogP contribution in [0.1, 0.15) is 29.4 Å².